The normalized spacial score (nSPS) is 10.5. The van der Waals surface area contributed by atoms with E-state index < -0.39 is 0 Å². The van der Waals surface area contributed by atoms with Crippen molar-refractivity contribution in [1.82, 2.24) is 0 Å². The van der Waals surface area contributed by atoms with Crippen molar-refractivity contribution in [2.24, 2.45) is 0 Å². The molecule has 1 aromatic carbocycles. The van der Waals surface area contributed by atoms with Gasteiger partial charge in [-0.2, -0.15) is 12.6 Å². The van der Waals surface area contributed by atoms with Crippen LogP contribution in [0.3, 0.4) is 0 Å². The van der Waals surface area contributed by atoms with E-state index in [-0.39, 0.29) is 0 Å². The van der Waals surface area contributed by atoms with Gasteiger partial charge < -0.3 is 9.47 Å². The summed E-state index contributed by atoms with van der Waals surface area (Å²) in [7, 11) is 0. The molecule has 4 heteroatoms. The van der Waals surface area contributed by atoms with Crippen LogP contribution in [-0.4, -0.2) is 25.6 Å². The Kier molecular flexibility index (Phi) is 6.85. The predicted octanol–water partition coefficient (Wildman–Crippen LogP) is 2.80. The van der Waals surface area contributed by atoms with E-state index >= 15 is 0 Å². The Hall–Kier alpha value is -0.220. The second-order valence-corrected chi connectivity index (χ2v) is 3.90. The molecule has 0 N–H and O–H groups in total. The fourth-order valence-electron chi connectivity index (χ4n) is 1.10. The molecule has 0 saturated heterocycles. The molecule has 1 rings (SSSR count). The van der Waals surface area contributed by atoms with Crippen molar-refractivity contribution >= 4 is 24.2 Å². The van der Waals surface area contributed by atoms with E-state index in [1.54, 1.807) is 0 Å². The lowest BCUT2D eigenvalue weighted by Crippen LogP contribution is -2.05. The standard InChI is InChI=1S/C11H15ClO2S/c12-11-3-1-2-10(8-11)9-14-5-4-13-6-7-15/h1-3,8,15H,4-7,9H2. The third-order valence-electron chi connectivity index (χ3n) is 1.77. The zero-order valence-electron chi connectivity index (χ0n) is 8.49. The smallest absolute Gasteiger partial charge is 0.0718 e. The van der Waals surface area contributed by atoms with Gasteiger partial charge >= 0.3 is 0 Å². The quantitative estimate of drug-likeness (QED) is 0.589. The Morgan fingerprint density at radius 2 is 1.93 bits per heavy atom. The number of rotatable bonds is 7. The molecule has 15 heavy (non-hydrogen) atoms. The van der Waals surface area contributed by atoms with E-state index in [1.165, 1.54) is 0 Å². The van der Waals surface area contributed by atoms with Crippen molar-refractivity contribution in [2.45, 2.75) is 6.61 Å². The van der Waals surface area contributed by atoms with Crippen molar-refractivity contribution in [3.8, 4) is 0 Å². The van der Waals surface area contributed by atoms with Crippen LogP contribution in [0.1, 0.15) is 5.56 Å². The van der Waals surface area contributed by atoms with Gasteiger partial charge in [0.15, 0.2) is 0 Å². The lowest BCUT2D eigenvalue weighted by atomic mass is 10.2. The number of halogens is 1. The van der Waals surface area contributed by atoms with Crippen LogP contribution in [-0.2, 0) is 16.1 Å². The number of ether oxygens (including phenoxy) is 2. The minimum absolute atomic E-state index is 0.574. The molecular weight excluding hydrogens is 232 g/mol. The zero-order valence-corrected chi connectivity index (χ0v) is 10.1. The molecule has 0 amide bonds. The van der Waals surface area contributed by atoms with Gasteiger partial charge in [-0.3, -0.25) is 0 Å². The van der Waals surface area contributed by atoms with Crippen LogP contribution in [0.25, 0.3) is 0 Å². The number of benzene rings is 1. The Bertz CT molecular complexity index is 281. The van der Waals surface area contributed by atoms with Gasteiger partial charge in [0.1, 0.15) is 0 Å². The summed E-state index contributed by atoms with van der Waals surface area (Å²) in [5.41, 5.74) is 1.08. The fraction of sp³-hybridized carbons (Fsp3) is 0.455. The summed E-state index contributed by atoms with van der Waals surface area (Å²) in [5, 5.41) is 0.738. The van der Waals surface area contributed by atoms with Crippen molar-refractivity contribution in [3.05, 3.63) is 34.9 Å². The molecular formula is C11H15ClO2S. The van der Waals surface area contributed by atoms with Crippen LogP contribution >= 0.6 is 24.2 Å². The van der Waals surface area contributed by atoms with E-state index in [0.29, 0.717) is 26.4 Å². The highest BCUT2D eigenvalue weighted by Crippen LogP contribution is 2.11. The lowest BCUT2D eigenvalue weighted by molar-refractivity contribution is 0.0462. The summed E-state index contributed by atoms with van der Waals surface area (Å²) in [6.07, 6.45) is 0. The summed E-state index contributed by atoms with van der Waals surface area (Å²) in [4.78, 5) is 0. The average Bonchev–Trinajstić information content (AvgIpc) is 2.23. The minimum Gasteiger partial charge on any atom is -0.378 e. The van der Waals surface area contributed by atoms with Gasteiger partial charge in [-0.1, -0.05) is 23.7 Å². The van der Waals surface area contributed by atoms with E-state index in [1.807, 2.05) is 24.3 Å². The third kappa shape index (κ3) is 6.05. The van der Waals surface area contributed by atoms with E-state index in [9.17, 15) is 0 Å². The second-order valence-electron chi connectivity index (χ2n) is 3.02. The largest absolute Gasteiger partial charge is 0.378 e. The van der Waals surface area contributed by atoms with Crippen LogP contribution in [0.5, 0.6) is 0 Å². The van der Waals surface area contributed by atoms with E-state index in [2.05, 4.69) is 12.6 Å². The molecule has 0 spiro atoms. The summed E-state index contributed by atoms with van der Waals surface area (Å²) in [6, 6.07) is 7.65. The predicted molar refractivity (Wildman–Crippen MR) is 65.8 cm³/mol. The lowest BCUT2D eigenvalue weighted by Gasteiger charge is -2.05. The molecule has 1 aromatic rings. The van der Waals surface area contributed by atoms with Crippen molar-refractivity contribution in [2.75, 3.05) is 25.6 Å². The van der Waals surface area contributed by atoms with E-state index in [4.69, 9.17) is 21.1 Å². The number of hydrogen-bond acceptors (Lipinski definition) is 3. The van der Waals surface area contributed by atoms with Crippen LogP contribution < -0.4 is 0 Å². The molecule has 0 atom stereocenters. The highest BCUT2D eigenvalue weighted by molar-refractivity contribution is 7.80. The maximum atomic E-state index is 5.84. The monoisotopic (exact) mass is 246 g/mol. The van der Waals surface area contributed by atoms with Gasteiger partial charge in [0.2, 0.25) is 0 Å². The highest BCUT2D eigenvalue weighted by atomic mass is 35.5. The molecule has 0 radical (unpaired) electrons. The molecule has 0 unspecified atom stereocenters. The molecule has 0 saturated carbocycles. The Labute approximate surface area is 101 Å². The van der Waals surface area contributed by atoms with Gasteiger partial charge in [0.25, 0.3) is 0 Å². The molecule has 0 heterocycles. The Morgan fingerprint density at radius 3 is 2.67 bits per heavy atom. The molecule has 0 fully saturated rings. The third-order valence-corrected chi connectivity index (χ3v) is 2.18. The van der Waals surface area contributed by atoms with Crippen molar-refractivity contribution in [3.63, 3.8) is 0 Å². The number of thiol groups is 1. The summed E-state index contributed by atoms with van der Waals surface area (Å²) >= 11 is 9.87. The van der Waals surface area contributed by atoms with Crippen molar-refractivity contribution < 1.29 is 9.47 Å². The zero-order chi connectivity index (χ0) is 10.9. The molecule has 0 aliphatic rings. The summed E-state index contributed by atoms with van der Waals surface area (Å²) in [5.74, 6) is 0.744. The molecule has 0 bridgehead atoms. The van der Waals surface area contributed by atoms with Gasteiger partial charge in [-0.25, -0.2) is 0 Å². The first-order chi connectivity index (χ1) is 7.33. The maximum Gasteiger partial charge on any atom is 0.0718 e. The molecule has 0 aromatic heterocycles. The first-order valence-corrected chi connectivity index (χ1v) is 5.85. The number of hydrogen-bond donors (Lipinski definition) is 1. The first-order valence-electron chi connectivity index (χ1n) is 4.83. The highest BCUT2D eigenvalue weighted by Gasteiger charge is 1.94. The van der Waals surface area contributed by atoms with Crippen LogP contribution in [0.2, 0.25) is 5.02 Å². The molecule has 84 valence electrons. The summed E-state index contributed by atoms with van der Waals surface area (Å²) in [6.45, 7) is 2.45. The molecule has 2 nitrogen and oxygen atoms in total. The molecule has 0 aliphatic carbocycles. The SMILES string of the molecule is SCCOCCOCc1cccc(Cl)c1. The van der Waals surface area contributed by atoms with Crippen LogP contribution in [0, 0.1) is 0 Å². The summed E-state index contributed by atoms with van der Waals surface area (Å²) < 4.78 is 10.6. The van der Waals surface area contributed by atoms with Crippen LogP contribution in [0.15, 0.2) is 24.3 Å². The first kappa shape index (κ1) is 12.8. The van der Waals surface area contributed by atoms with Gasteiger partial charge in [-0.05, 0) is 17.7 Å². The average molecular weight is 247 g/mol. The van der Waals surface area contributed by atoms with Gasteiger partial charge in [0.05, 0.1) is 26.4 Å². The van der Waals surface area contributed by atoms with E-state index in [0.717, 1.165) is 16.3 Å². The van der Waals surface area contributed by atoms with Gasteiger partial charge in [-0.15, -0.1) is 0 Å². The topological polar surface area (TPSA) is 18.5 Å². The fourth-order valence-corrected chi connectivity index (χ4v) is 1.44. The van der Waals surface area contributed by atoms with Crippen LogP contribution in [0.4, 0.5) is 0 Å². The maximum absolute atomic E-state index is 5.84. The molecule has 0 aliphatic heterocycles. The Morgan fingerprint density at radius 1 is 1.13 bits per heavy atom. The van der Waals surface area contributed by atoms with Gasteiger partial charge in [0, 0.05) is 10.8 Å². The second kappa shape index (κ2) is 7.99. The van der Waals surface area contributed by atoms with Crippen molar-refractivity contribution in [1.29, 1.82) is 0 Å². The minimum atomic E-state index is 0.574. The Balaban J connectivity index is 2.10.